The predicted octanol–water partition coefficient (Wildman–Crippen LogP) is 4.63. The van der Waals surface area contributed by atoms with E-state index in [1.807, 2.05) is 0 Å². The molecule has 2 aromatic rings. The second-order valence-corrected chi connectivity index (χ2v) is 9.63. The summed E-state index contributed by atoms with van der Waals surface area (Å²) in [7, 11) is 1.45. The van der Waals surface area contributed by atoms with Crippen molar-refractivity contribution in [3.05, 3.63) is 64.4 Å². The van der Waals surface area contributed by atoms with E-state index < -0.39 is 53.9 Å². The molecule has 0 bridgehead atoms. The van der Waals surface area contributed by atoms with Gasteiger partial charge in [-0.2, -0.15) is 8.78 Å². The lowest BCUT2D eigenvalue weighted by atomic mass is 9.94. The predicted molar refractivity (Wildman–Crippen MR) is 131 cm³/mol. The molecule has 2 rings (SSSR count). The fourth-order valence-electron chi connectivity index (χ4n) is 3.48. The van der Waals surface area contributed by atoms with Crippen LogP contribution in [0.15, 0.2) is 42.5 Å². The van der Waals surface area contributed by atoms with Crippen LogP contribution in [-0.2, 0) is 25.5 Å². The van der Waals surface area contributed by atoms with Gasteiger partial charge in [-0.15, -0.1) is 0 Å². The molecule has 0 saturated heterocycles. The molecule has 0 saturated carbocycles. The van der Waals surface area contributed by atoms with Crippen molar-refractivity contribution in [1.82, 2.24) is 5.32 Å². The fourth-order valence-corrected chi connectivity index (χ4v) is 3.67. The largest absolute Gasteiger partial charge is 0.497 e. The number of ether oxygens (including phenoxy) is 3. The van der Waals surface area contributed by atoms with Crippen LogP contribution in [0.1, 0.15) is 44.9 Å². The molecule has 204 valence electrons. The van der Waals surface area contributed by atoms with Crippen molar-refractivity contribution in [2.75, 3.05) is 13.7 Å². The van der Waals surface area contributed by atoms with Gasteiger partial charge in [-0.3, -0.25) is 5.32 Å². The summed E-state index contributed by atoms with van der Waals surface area (Å²) in [5.41, 5.74) is -0.773. The van der Waals surface area contributed by atoms with Gasteiger partial charge in [0.15, 0.2) is 0 Å². The van der Waals surface area contributed by atoms with Crippen LogP contribution >= 0.6 is 11.6 Å². The first-order valence-corrected chi connectivity index (χ1v) is 11.9. The second-order valence-electron chi connectivity index (χ2n) is 9.22. The number of halogens is 4. The molecule has 0 heterocycles. The third kappa shape index (κ3) is 8.08. The Morgan fingerprint density at radius 1 is 1.11 bits per heavy atom. The van der Waals surface area contributed by atoms with Crippen LogP contribution in [0.4, 0.5) is 13.2 Å². The lowest BCUT2D eigenvalue weighted by Crippen LogP contribution is -2.56. The van der Waals surface area contributed by atoms with E-state index in [1.54, 1.807) is 32.9 Å². The lowest BCUT2D eigenvalue weighted by molar-refractivity contribution is -0.191. The topological polar surface area (TPSA) is 94.1 Å². The smallest absolute Gasteiger partial charge is 0.379 e. The Balaban J connectivity index is 2.56. The Kier molecular flexibility index (Phi) is 10.4. The molecular formula is C26H31ClF3NO6. The second kappa shape index (κ2) is 12.6. The molecule has 0 aliphatic heterocycles. The SMILES string of the molecule is CCOC(=O)C(F)(F)C(O)C(Cc1cccc(Cl)c1F)NC(C(=O)OC(C)(C)C)c1ccc(OC)cc1. The number of hydrogen-bond acceptors (Lipinski definition) is 7. The minimum absolute atomic E-state index is 0.124. The highest BCUT2D eigenvalue weighted by Crippen LogP contribution is 2.29. The van der Waals surface area contributed by atoms with Crippen molar-refractivity contribution < 1.29 is 42.1 Å². The van der Waals surface area contributed by atoms with E-state index in [4.69, 9.17) is 21.1 Å². The molecule has 0 spiro atoms. The number of aliphatic hydroxyl groups is 1. The third-order valence-electron chi connectivity index (χ3n) is 5.24. The molecule has 0 amide bonds. The molecule has 0 radical (unpaired) electrons. The summed E-state index contributed by atoms with van der Waals surface area (Å²) in [5.74, 6) is -7.61. The number of alkyl halides is 2. The number of rotatable bonds is 11. The summed E-state index contributed by atoms with van der Waals surface area (Å²) in [4.78, 5) is 25.1. The third-order valence-corrected chi connectivity index (χ3v) is 5.54. The molecule has 11 heteroatoms. The average Bonchev–Trinajstić information content (AvgIpc) is 2.83. The van der Waals surface area contributed by atoms with Gasteiger partial charge < -0.3 is 19.3 Å². The first-order chi connectivity index (χ1) is 17.2. The lowest BCUT2D eigenvalue weighted by Gasteiger charge is -2.33. The summed E-state index contributed by atoms with van der Waals surface area (Å²) in [6.07, 6.45) is -3.27. The Hall–Kier alpha value is -2.82. The van der Waals surface area contributed by atoms with Gasteiger partial charge in [0.25, 0.3) is 0 Å². The number of aliphatic hydroxyl groups excluding tert-OH is 1. The Morgan fingerprint density at radius 2 is 1.73 bits per heavy atom. The van der Waals surface area contributed by atoms with Crippen molar-refractivity contribution in [2.24, 2.45) is 0 Å². The van der Waals surface area contributed by atoms with Crippen LogP contribution in [-0.4, -0.2) is 54.4 Å². The van der Waals surface area contributed by atoms with Crippen LogP contribution < -0.4 is 10.1 Å². The number of carbonyl (C=O) groups is 2. The molecule has 37 heavy (non-hydrogen) atoms. The summed E-state index contributed by atoms with van der Waals surface area (Å²) in [5, 5.41) is 13.1. The van der Waals surface area contributed by atoms with Crippen LogP contribution in [0.3, 0.4) is 0 Å². The molecule has 0 fully saturated rings. The van der Waals surface area contributed by atoms with Crippen LogP contribution in [0.25, 0.3) is 0 Å². The number of benzene rings is 2. The molecule has 0 aromatic heterocycles. The Bertz CT molecular complexity index is 1070. The quantitative estimate of drug-likeness (QED) is 0.398. The van der Waals surface area contributed by atoms with Gasteiger partial charge in [0.1, 0.15) is 29.3 Å². The van der Waals surface area contributed by atoms with E-state index >= 15 is 0 Å². The fraction of sp³-hybridized carbons (Fsp3) is 0.462. The van der Waals surface area contributed by atoms with E-state index in [1.165, 1.54) is 44.4 Å². The van der Waals surface area contributed by atoms with Crippen molar-refractivity contribution in [1.29, 1.82) is 0 Å². The van der Waals surface area contributed by atoms with E-state index in [-0.39, 0.29) is 17.2 Å². The summed E-state index contributed by atoms with van der Waals surface area (Å²) >= 11 is 5.85. The molecule has 0 aliphatic rings. The van der Waals surface area contributed by atoms with Gasteiger partial charge in [0.05, 0.1) is 18.7 Å². The number of nitrogens with one attached hydrogen (secondary N) is 1. The van der Waals surface area contributed by atoms with Crippen LogP contribution in [0.5, 0.6) is 5.75 Å². The summed E-state index contributed by atoms with van der Waals surface area (Å²) in [6.45, 7) is 5.85. The monoisotopic (exact) mass is 545 g/mol. The van der Waals surface area contributed by atoms with Gasteiger partial charge in [-0.1, -0.05) is 35.9 Å². The van der Waals surface area contributed by atoms with E-state index in [9.17, 15) is 27.9 Å². The Morgan fingerprint density at radius 3 is 2.27 bits per heavy atom. The minimum Gasteiger partial charge on any atom is -0.497 e. The molecule has 7 nitrogen and oxygen atoms in total. The molecule has 3 atom stereocenters. The summed E-state index contributed by atoms with van der Waals surface area (Å²) in [6, 6.07) is 6.96. The number of hydrogen-bond donors (Lipinski definition) is 2. The van der Waals surface area contributed by atoms with Gasteiger partial charge in [-0.05, 0) is 63.4 Å². The zero-order valence-corrected chi connectivity index (χ0v) is 21.9. The number of carbonyl (C=O) groups excluding carboxylic acids is 2. The standard InChI is InChI=1S/C26H31ClF3NO6/c1-6-36-24(34)26(29,30)22(32)19(14-16-8-7-9-18(27)20(16)28)31-21(23(33)37-25(2,3)4)15-10-12-17(35-5)13-11-15/h7-13,19,21-22,31-32H,6,14H2,1-5H3. The molecule has 3 unspecified atom stereocenters. The molecule has 2 N–H and O–H groups in total. The van der Waals surface area contributed by atoms with Crippen molar-refractivity contribution >= 4 is 23.5 Å². The minimum atomic E-state index is -4.39. The maximum atomic E-state index is 14.9. The maximum absolute atomic E-state index is 14.9. The van der Waals surface area contributed by atoms with Crippen LogP contribution in [0.2, 0.25) is 5.02 Å². The van der Waals surface area contributed by atoms with Gasteiger partial charge >= 0.3 is 17.9 Å². The van der Waals surface area contributed by atoms with E-state index in [2.05, 4.69) is 10.1 Å². The molecule has 2 aromatic carbocycles. The van der Waals surface area contributed by atoms with Crippen molar-refractivity contribution in [3.8, 4) is 5.75 Å². The maximum Gasteiger partial charge on any atom is 0.379 e. The number of methoxy groups -OCH3 is 1. The molecule has 0 aliphatic carbocycles. The first kappa shape index (κ1) is 30.4. The van der Waals surface area contributed by atoms with Gasteiger partial charge in [-0.25, -0.2) is 14.0 Å². The normalized spacial score (nSPS) is 14.4. The van der Waals surface area contributed by atoms with Crippen molar-refractivity contribution in [2.45, 2.75) is 63.8 Å². The highest BCUT2D eigenvalue weighted by atomic mass is 35.5. The van der Waals surface area contributed by atoms with Gasteiger partial charge in [0.2, 0.25) is 0 Å². The molecular weight excluding hydrogens is 515 g/mol. The summed E-state index contributed by atoms with van der Waals surface area (Å²) < 4.78 is 59.6. The number of esters is 2. The van der Waals surface area contributed by atoms with Crippen LogP contribution in [0, 0.1) is 5.82 Å². The first-order valence-electron chi connectivity index (χ1n) is 11.5. The Labute approximate surface area is 218 Å². The average molecular weight is 546 g/mol. The van der Waals surface area contributed by atoms with Gasteiger partial charge in [0, 0.05) is 6.04 Å². The van der Waals surface area contributed by atoms with E-state index in [0.29, 0.717) is 11.3 Å². The highest BCUT2D eigenvalue weighted by molar-refractivity contribution is 6.30. The van der Waals surface area contributed by atoms with Crippen molar-refractivity contribution in [3.63, 3.8) is 0 Å². The zero-order chi connectivity index (χ0) is 28.0. The highest BCUT2D eigenvalue weighted by Gasteiger charge is 2.52. The van der Waals surface area contributed by atoms with E-state index in [0.717, 1.165) is 0 Å². The zero-order valence-electron chi connectivity index (χ0n) is 21.2.